The van der Waals surface area contributed by atoms with Crippen LogP contribution in [0.4, 0.5) is 4.79 Å². The minimum atomic E-state index is -4.11. The lowest BCUT2D eigenvalue weighted by molar-refractivity contribution is 0.0329. The van der Waals surface area contributed by atoms with Crippen LogP contribution in [-0.4, -0.2) is 52.7 Å². The number of amides is 1. The van der Waals surface area contributed by atoms with E-state index in [0.29, 0.717) is 12.8 Å². The minimum Gasteiger partial charge on any atom is -0.443 e. The van der Waals surface area contributed by atoms with Gasteiger partial charge in [-0.15, -0.1) is 0 Å². The van der Waals surface area contributed by atoms with Gasteiger partial charge in [-0.2, -0.15) is 12.7 Å². The molecule has 0 aromatic carbocycles. The summed E-state index contributed by atoms with van der Waals surface area (Å²) >= 11 is 0. The molecule has 1 aliphatic heterocycles. The fourth-order valence-electron chi connectivity index (χ4n) is 3.08. The Balaban J connectivity index is 3.03. The molecule has 0 N–H and O–H groups in total. The molecule has 0 saturated carbocycles. The predicted molar refractivity (Wildman–Crippen MR) is 116 cm³/mol. The van der Waals surface area contributed by atoms with Crippen LogP contribution in [0.1, 0.15) is 40.0 Å². The normalized spacial score (nSPS) is 23.5. The molecular formula is C18H39NO5SSi2. The quantitative estimate of drug-likeness (QED) is 0.519. The second-order valence-electron chi connectivity index (χ2n) is 11.0. The van der Waals surface area contributed by atoms with Crippen LogP contribution in [0.3, 0.4) is 0 Å². The van der Waals surface area contributed by atoms with Gasteiger partial charge in [0.05, 0.1) is 6.04 Å². The van der Waals surface area contributed by atoms with Gasteiger partial charge in [0, 0.05) is 16.1 Å². The molecule has 1 saturated heterocycles. The molecule has 160 valence electrons. The van der Waals surface area contributed by atoms with E-state index in [-0.39, 0.29) is 0 Å². The predicted octanol–water partition coefficient (Wildman–Crippen LogP) is 5.08. The Morgan fingerprint density at radius 1 is 1.00 bits per heavy atom. The van der Waals surface area contributed by atoms with Gasteiger partial charge in [0.15, 0.2) is 0 Å². The average molecular weight is 438 g/mol. The fraction of sp³-hybridized carbons (Fsp3) is 0.944. The first-order valence-corrected chi connectivity index (χ1v) is 18.6. The third-order valence-corrected chi connectivity index (χ3v) is 9.43. The van der Waals surface area contributed by atoms with Crippen molar-refractivity contribution in [1.82, 2.24) is 4.31 Å². The lowest BCUT2D eigenvalue weighted by Crippen LogP contribution is -2.45. The Kier molecular flexibility index (Phi) is 7.80. The van der Waals surface area contributed by atoms with Crippen molar-refractivity contribution >= 4 is 32.5 Å². The summed E-state index contributed by atoms with van der Waals surface area (Å²) < 4.78 is 36.9. The highest BCUT2D eigenvalue weighted by molar-refractivity contribution is 7.85. The zero-order chi connectivity index (χ0) is 21.3. The van der Waals surface area contributed by atoms with E-state index in [0.717, 1.165) is 22.8 Å². The molecule has 1 heterocycles. The molecule has 0 bridgehead atoms. The first kappa shape index (κ1) is 24.7. The van der Waals surface area contributed by atoms with Gasteiger partial charge >= 0.3 is 16.4 Å². The second kappa shape index (κ2) is 8.55. The molecule has 2 atom stereocenters. The molecule has 1 rings (SSSR count). The third kappa shape index (κ3) is 8.66. The summed E-state index contributed by atoms with van der Waals surface area (Å²) in [6, 6.07) is 1.57. The molecule has 27 heavy (non-hydrogen) atoms. The zero-order valence-corrected chi connectivity index (χ0v) is 21.4. The minimum absolute atomic E-state index is 0.474. The van der Waals surface area contributed by atoms with Crippen molar-refractivity contribution in [3.8, 4) is 0 Å². The Bertz CT molecular complexity index is 617. The maximum atomic E-state index is 12.7. The highest BCUT2D eigenvalue weighted by Crippen LogP contribution is 2.34. The molecule has 0 aliphatic carbocycles. The van der Waals surface area contributed by atoms with Crippen LogP contribution >= 0.6 is 0 Å². The van der Waals surface area contributed by atoms with Crippen molar-refractivity contribution in [2.24, 2.45) is 0 Å². The zero-order valence-electron chi connectivity index (χ0n) is 18.6. The van der Waals surface area contributed by atoms with E-state index in [1.165, 1.54) is 0 Å². The summed E-state index contributed by atoms with van der Waals surface area (Å²) in [4.78, 5) is 12.7. The summed E-state index contributed by atoms with van der Waals surface area (Å²) in [5.41, 5.74) is -0.758. The lowest BCUT2D eigenvalue weighted by atomic mass is 10.0. The highest BCUT2D eigenvalue weighted by atomic mass is 32.2. The van der Waals surface area contributed by atoms with Gasteiger partial charge in [-0.25, -0.2) is 8.98 Å². The summed E-state index contributed by atoms with van der Waals surface area (Å²) in [6.07, 6.45) is 0.901. The van der Waals surface area contributed by atoms with E-state index in [1.54, 1.807) is 20.8 Å². The molecule has 1 fully saturated rings. The molecule has 0 aromatic rings. The molecule has 1 amide bonds. The molecule has 0 aromatic heterocycles. The average Bonchev–Trinajstić information content (AvgIpc) is 2.62. The fourth-order valence-corrected chi connectivity index (χ4v) is 6.92. The van der Waals surface area contributed by atoms with E-state index in [4.69, 9.17) is 8.92 Å². The maximum Gasteiger partial charge on any atom is 0.426 e. The highest BCUT2D eigenvalue weighted by Gasteiger charge is 2.50. The Hall–Kier alpha value is -0.386. The van der Waals surface area contributed by atoms with E-state index in [9.17, 15) is 13.2 Å². The smallest absolute Gasteiger partial charge is 0.426 e. The third-order valence-electron chi connectivity index (χ3n) is 4.40. The Morgan fingerprint density at radius 3 is 1.96 bits per heavy atom. The van der Waals surface area contributed by atoms with E-state index < -0.39 is 50.3 Å². The number of carbonyl (C=O) groups is 1. The van der Waals surface area contributed by atoms with Crippen molar-refractivity contribution in [2.75, 3.05) is 0 Å². The summed E-state index contributed by atoms with van der Waals surface area (Å²) in [5.74, 6) is 0. The number of rotatable bonds is 7. The molecule has 0 spiro atoms. The van der Waals surface area contributed by atoms with E-state index in [1.807, 2.05) is 0 Å². The van der Waals surface area contributed by atoms with Crippen molar-refractivity contribution in [3.63, 3.8) is 0 Å². The SMILES string of the molecule is CC(C)(C)OC(=O)N1[C@@H](CC[Si](C)(C)C)[C@@H](CCC[Si](C)(C)C)OS1(=O)=O. The maximum absolute atomic E-state index is 12.7. The van der Waals surface area contributed by atoms with Gasteiger partial charge in [-0.1, -0.05) is 57.8 Å². The van der Waals surface area contributed by atoms with Crippen molar-refractivity contribution in [1.29, 1.82) is 0 Å². The molecule has 1 aliphatic rings. The number of hydrogen-bond acceptors (Lipinski definition) is 5. The van der Waals surface area contributed by atoms with E-state index >= 15 is 0 Å². The Morgan fingerprint density at radius 2 is 1.52 bits per heavy atom. The van der Waals surface area contributed by atoms with Crippen LogP contribution in [0.25, 0.3) is 0 Å². The van der Waals surface area contributed by atoms with Gasteiger partial charge in [0.1, 0.15) is 11.7 Å². The summed E-state index contributed by atoms with van der Waals surface area (Å²) in [6.45, 7) is 18.8. The van der Waals surface area contributed by atoms with Crippen molar-refractivity contribution < 1.29 is 22.1 Å². The Labute approximate surface area is 168 Å². The number of carbonyl (C=O) groups excluding carboxylic acids is 1. The van der Waals surface area contributed by atoms with Crippen molar-refractivity contribution in [2.45, 2.75) is 109 Å². The number of nitrogens with zero attached hydrogens (tertiary/aromatic N) is 1. The molecule has 0 radical (unpaired) electrons. The van der Waals surface area contributed by atoms with Crippen LogP contribution in [0, 0.1) is 0 Å². The number of hydrogen-bond donors (Lipinski definition) is 0. The monoisotopic (exact) mass is 437 g/mol. The first-order chi connectivity index (χ1) is 11.9. The lowest BCUT2D eigenvalue weighted by Gasteiger charge is -2.29. The van der Waals surface area contributed by atoms with Gasteiger partial charge in [-0.05, 0) is 33.6 Å². The molecule has 0 unspecified atom stereocenters. The molecular weight excluding hydrogens is 398 g/mol. The molecule has 9 heteroatoms. The van der Waals surface area contributed by atoms with Crippen LogP contribution < -0.4 is 0 Å². The van der Waals surface area contributed by atoms with Crippen LogP contribution in [0.2, 0.25) is 51.4 Å². The van der Waals surface area contributed by atoms with Crippen molar-refractivity contribution in [3.05, 3.63) is 0 Å². The second-order valence-corrected chi connectivity index (χ2v) is 23.7. The topological polar surface area (TPSA) is 72.9 Å². The van der Waals surface area contributed by atoms with Gasteiger partial charge in [-0.3, -0.25) is 0 Å². The van der Waals surface area contributed by atoms with Crippen LogP contribution in [-0.2, 0) is 19.2 Å². The van der Waals surface area contributed by atoms with Gasteiger partial charge in [0.2, 0.25) is 0 Å². The van der Waals surface area contributed by atoms with Crippen LogP contribution in [0.5, 0.6) is 0 Å². The van der Waals surface area contributed by atoms with E-state index in [2.05, 4.69) is 39.3 Å². The van der Waals surface area contributed by atoms with Gasteiger partial charge in [0.25, 0.3) is 0 Å². The number of ether oxygens (including phenoxy) is 1. The molecule has 6 nitrogen and oxygen atoms in total. The van der Waals surface area contributed by atoms with Gasteiger partial charge < -0.3 is 4.74 Å². The summed E-state index contributed by atoms with van der Waals surface area (Å²) in [5, 5.41) is 0. The first-order valence-electron chi connectivity index (χ1n) is 9.87. The largest absolute Gasteiger partial charge is 0.443 e. The standard InChI is InChI=1S/C18H39NO5SSi2/c1-18(2,3)23-17(20)19-15(12-14-27(7,8)9)16(24-25(19,21)22)11-10-13-26(4,5)6/h15-16H,10-14H2,1-9H3/t15-,16+/m0/s1. The summed E-state index contributed by atoms with van der Waals surface area (Å²) in [7, 11) is -6.71. The van der Waals surface area contributed by atoms with Crippen LogP contribution in [0.15, 0.2) is 0 Å².